The van der Waals surface area contributed by atoms with Crippen LogP contribution < -0.4 is 10.0 Å². The number of hydrazone groups is 2. The molecule has 6 rings (SSSR count). The third-order valence-electron chi connectivity index (χ3n) is 7.52. The molecule has 168 valence electrons. The molecule has 0 bridgehead atoms. The predicted octanol–water partition coefficient (Wildman–Crippen LogP) is 4.91. The molecule has 2 amide bonds. The first kappa shape index (κ1) is 20.5. The van der Waals surface area contributed by atoms with E-state index in [4.69, 9.17) is 10.2 Å². The lowest BCUT2D eigenvalue weighted by molar-refractivity contribution is -0.126. The molecule has 34 heavy (non-hydrogen) atoms. The third-order valence-corrected chi connectivity index (χ3v) is 7.52. The first-order chi connectivity index (χ1) is 16.4. The number of rotatable bonds is 3. The van der Waals surface area contributed by atoms with Crippen molar-refractivity contribution in [1.82, 2.24) is 0 Å². The molecule has 0 N–H and O–H groups in total. The first-order valence-electron chi connectivity index (χ1n) is 11.4. The summed E-state index contributed by atoms with van der Waals surface area (Å²) in [5.74, 6) is -0.741. The second-order valence-corrected chi connectivity index (χ2v) is 9.24. The van der Waals surface area contributed by atoms with Gasteiger partial charge in [0.25, 0.3) is 11.8 Å². The number of nitrogens with zero attached hydrogens (tertiary/aromatic N) is 4. The molecular weight excluding hydrogens is 424 g/mol. The second-order valence-electron chi connectivity index (χ2n) is 9.24. The minimum Gasteiger partial charge on any atom is -0.271 e. The Kier molecular flexibility index (Phi) is 4.21. The van der Waals surface area contributed by atoms with Crippen molar-refractivity contribution in [3.8, 4) is 0 Å². The Labute approximate surface area is 198 Å². The summed E-state index contributed by atoms with van der Waals surface area (Å²) in [7, 11) is 0. The molecule has 1 saturated carbocycles. The fraction of sp³-hybridized carbons (Fsp3) is 0.214. The summed E-state index contributed by atoms with van der Waals surface area (Å²) >= 11 is 0. The highest BCUT2D eigenvalue weighted by atomic mass is 16.2. The Bertz CT molecular complexity index is 1300. The van der Waals surface area contributed by atoms with E-state index >= 15 is 0 Å². The van der Waals surface area contributed by atoms with Gasteiger partial charge >= 0.3 is 0 Å². The van der Waals surface area contributed by atoms with Crippen molar-refractivity contribution in [3.63, 3.8) is 0 Å². The van der Waals surface area contributed by atoms with Crippen molar-refractivity contribution in [2.75, 3.05) is 10.0 Å². The lowest BCUT2D eigenvalue weighted by Crippen LogP contribution is -2.40. The van der Waals surface area contributed by atoms with Crippen LogP contribution in [0.2, 0.25) is 0 Å². The summed E-state index contributed by atoms with van der Waals surface area (Å²) in [6, 6.07) is 26.8. The van der Waals surface area contributed by atoms with Gasteiger partial charge in [0, 0.05) is 5.92 Å². The summed E-state index contributed by atoms with van der Waals surface area (Å²) in [5, 5.41) is 12.3. The van der Waals surface area contributed by atoms with E-state index in [0.29, 0.717) is 22.8 Å². The zero-order valence-electron chi connectivity index (χ0n) is 19.3. The van der Waals surface area contributed by atoms with Gasteiger partial charge in [-0.05, 0) is 50.6 Å². The Morgan fingerprint density at radius 1 is 0.618 bits per heavy atom. The molecule has 1 fully saturated rings. The monoisotopic (exact) mass is 448 g/mol. The van der Waals surface area contributed by atoms with E-state index in [1.165, 1.54) is 10.0 Å². The van der Waals surface area contributed by atoms with Gasteiger partial charge in [-0.2, -0.15) is 20.2 Å². The summed E-state index contributed by atoms with van der Waals surface area (Å²) in [4.78, 5) is 28.5. The molecule has 2 spiro atoms. The Hall–Kier alpha value is -4.06. The molecule has 2 aliphatic heterocycles. The maximum atomic E-state index is 14.2. The molecule has 1 aliphatic carbocycles. The predicted molar refractivity (Wildman–Crippen MR) is 133 cm³/mol. The number of amides is 2. The number of hydrogen-bond donors (Lipinski definition) is 0. The summed E-state index contributed by atoms with van der Waals surface area (Å²) < 4.78 is 0. The lowest BCUT2D eigenvalue weighted by Gasteiger charge is -2.18. The van der Waals surface area contributed by atoms with Crippen LogP contribution in [-0.4, -0.2) is 23.2 Å². The average Bonchev–Trinajstić information content (AvgIpc) is 3.34. The van der Waals surface area contributed by atoms with E-state index in [1.807, 2.05) is 106 Å². The molecule has 3 aromatic rings. The lowest BCUT2D eigenvalue weighted by atomic mass is 9.85. The highest BCUT2D eigenvalue weighted by Crippen LogP contribution is 2.79. The topological polar surface area (TPSA) is 65.3 Å². The van der Waals surface area contributed by atoms with Crippen molar-refractivity contribution >= 4 is 34.6 Å². The zero-order chi connectivity index (χ0) is 23.7. The van der Waals surface area contributed by atoms with Gasteiger partial charge < -0.3 is 0 Å². The van der Waals surface area contributed by atoms with E-state index in [0.717, 1.165) is 11.1 Å². The molecule has 2 atom stereocenters. The van der Waals surface area contributed by atoms with Crippen molar-refractivity contribution in [1.29, 1.82) is 0 Å². The zero-order valence-corrected chi connectivity index (χ0v) is 19.3. The van der Waals surface area contributed by atoms with Crippen LogP contribution in [0.5, 0.6) is 0 Å². The summed E-state index contributed by atoms with van der Waals surface area (Å²) in [5.41, 5.74) is 2.52. The van der Waals surface area contributed by atoms with Gasteiger partial charge in [0.05, 0.1) is 22.8 Å². The van der Waals surface area contributed by atoms with Crippen molar-refractivity contribution in [2.45, 2.75) is 26.7 Å². The van der Waals surface area contributed by atoms with E-state index in [-0.39, 0.29) is 17.7 Å². The normalized spacial score (nSPS) is 27.6. The molecule has 0 saturated heterocycles. The van der Waals surface area contributed by atoms with Gasteiger partial charge in [0.2, 0.25) is 0 Å². The number of hydrogen-bond acceptors (Lipinski definition) is 4. The van der Waals surface area contributed by atoms with Crippen LogP contribution >= 0.6 is 0 Å². The highest BCUT2D eigenvalue weighted by molar-refractivity contribution is 6.37. The Balaban J connectivity index is 1.53. The van der Waals surface area contributed by atoms with Gasteiger partial charge in [0.15, 0.2) is 0 Å². The number of para-hydroxylation sites is 2. The van der Waals surface area contributed by atoms with E-state index in [2.05, 4.69) is 0 Å². The number of aryl methyl sites for hydroxylation is 1. The molecular formula is C28H24N4O2. The maximum Gasteiger partial charge on any atom is 0.261 e. The van der Waals surface area contributed by atoms with Crippen LogP contribution in [0.1, 0.15) is 30.9 Å². The van der Waals surface area contributed by atoms with Gasteiger partial charge in [-0.15, -0.1) is 0 Å². The van der Waals surface area contributed by atoms with Crippen LogP contribution in [0.15, 0.2) is 95.1 Å². The summed E-state index contributed by atoms with van der Waals surface area (Å²) in [6.45, 7) is 5.75. The van der Waals surface area contributed by atoms with Crippen LogP contribution in [0.3, 0.4) is 0 Å². The SMILES string of the molecule is CC1=NN(c2ccccc2)C(=O)[C@@]12C(c1ccc(C)cc1)[C@@]21C(=O)N(c2ccccc2)N=C1C. The largest absolute Gasteiger partial charge is 0.271 e. The van der Waals surface area contributed by atoms with E-state index < -0.39 is 10.8 Å². The van der Waals surface area contributed by atoms with E-state index in [9.17, 15) is 9.59 Å². The van der Waals surface area contributed by atoms with Crippen LogP contribution in [0, 0.1) is 17.8 Å². The number of benzene rings is 3. The number of carbonyl (C=O) groups is 2. The van der Waals surface area contributed by atoms with Crippen molar-refractivity contribution in [2.24, 2.45) is 21.0 Å². The van der Waals surface area contributed by atoms with Gasteiger partial charge in [0.1, 0.15) is 10.8 Å². The van der Waals surface area contributed by atoms with Crippen molar-refractivity contribution < 1.29 is 9.59 Å². The maximum absolute atomic E-state index is 14.2. The van der Waals surface area contributed by atoms with Gasteiger partial charge in [-0.3, -0.25) is 9.59 Å². The molecule has 0 unspecified atom stereocenters. The first-order valence-corrected chi connectivity index (χ1v) is 11.4. The standard InChI is InChI=1S/C28H24N4O2/c1-18-14-16-21(17-15-18)24-27(19(2)29-31(25(27)33)22-10-6-4-7-11-22)28(24)20(3)30-32(26(28)34)23-12-8-5-9-13-23/h4-17,24H,1-3H3/t27-,28-/m0/s1. The molecule has 0 radical (unpaired) electrons. The number of fused-ring (bicyclic) bond motifs is 1. The molecule has 3 aromatic carbocycles. The number of anilines is 2. The van der Waals surface area contributed by atoms with Crippen LogP contribution in [0.4, 0.5) is 11.4 Å². The van der Waals surface area contributed by atoms with Gasteiger partial charge in [-0.25, -0.2) is 0 Å². The quantitative estimate of drug-likeness (QED) is 0.571. The Morgan fingerprint density at radius 3 is 1.44 bits per heavy atom. The molecule has 6 heteroatoms. The fourth-order valence-electron chi connectivity index (χ4n) is 5.99. The van der Waals surface area contributed by atoms with Gasteiger partial charge in [-0.1, -0.05) is 66.2 Å². The smallest absolute Gasteiger partial charge is 0.261 e. The fourth-order valence-corrected chi connectivity index (χ4v) is 5.99. The highest BCUT2D eigenvalue weighted by Gasteiger charge is 2.91. The number of carbonyl (C=O) groups excluding carboxylic acids is 2. The van der Waals surface area contributed by atoms with Crippen LogP contribution in [-0.2, 0) is 9.59 Å². The van der Waals surface area contributed by atoms with Crippen molar-refractivity contribution in [3.05, 3.63) is 96.1 Å². The minimum atomic E-state index is -1.10. The molecule has 3 aliphatic rings. The molecule has 2 heterocycles. The minimum absolute atomic E-state index is 0.181. The third kappa shape index (κ3) is 2.35. The average molecular weight is 449 g/mol. The molecule has 6 nitrogen and oxygen atoms in total. The van der Waals surface area contributed by atoms with E-state index in [1.54, 1.807) is 0 Å². The van der Waals surface area contributed by atoms with Crippen LogP contribution in [0.25, 0.3) is 0 Å². The second kappa shape index (κ2) is 6.97. The summed E-state index contributed by atoms with van der Waals surface area (Å²) in [6.07, 6.45) is 0. The molecule has 0 aromatic heterocycles. The Morgan fingerprint density at radius 2 is 1.03 bits per heavy atom.